The van der Waals surface area contributed by atoms with Gasteiger partial charge in [-0.2, -0.15) is 0 Å². The number of rotatable bonds is 4. The summed E-state index contributed by atoms with van der Waals surface area (Å²) in [6.45, 7) is 7.58. The van der Waals surface area contributed by atoms with Crippen molar-refractivity contribution < 1.29 is 4.79 Å². The van der Waals surface area contributed by atoms with Gasteiger partial charge in [-0.3, -0.25) is 4.79 Å². The van der Waals surface area contributed by atoms with Crippen LogP contribution in [0.2, 0.25) is 0 Å². The van der Waals surface area contributed by atoms with Crippen LogP contribution in [-0.2, 0) is 6.54 Å². The van der Waals surface area contributed by atoms with Crippen molar-refractivity contribution in [2.24, 2.45) is 5.41 Å². The lowest BCUT2D eigenvalue weighted by Gasteiger charge is -2.18. The van der Waals surface area contributed by atoms with Crippen molar-refractivity contribution in [1.82, 2.24) is 19.9 Å². The zero-order valence-corrected chi connectivity index (χ0v) is 14.3. The first-order valence-corrected chi connectivity index (χ1v) is 8.05. The normalized spacial score (nSPS) is 11.6. The van der Waals surface area contributed by atoms with Crippen LogP contribution in [-0.4, -0.2) is 27.0 Å². The summed E-state index contributed by atoms with van der Waals surface area (Å²) in [7, 11) is 0. The van der Waals surface area contributed by atoms with E-state index in [0.29, 0.717) is 18.7 Å². The van der Waals surface area contributed by atoms with Crippen molar-refractivity contribution in [1.29, 1.82) is 0 Å². The summed E-state index contributed by atoms with van der Waals surface area (Å²) in [5, 5.41) is 2.94. The lowest BCUT2D eigenvalue weighted by atomic mass is 9.97. The predicted octanol–water partition coefficient (Wildman–Crippen LogP) is 3.26. The summed E-state index contributed by atoms with van der Waals surface area (Å²) in [6, 6.07) is 12.0. The molecule has 0 bridgehead atoms. The highest BCUT2D eigenvalue weighted by Gasteiger charge is 2.14. The second-order valence-electron chi connectivity index (χ2n) is 7.17. The first kappa shape index (κ1) is 16.2. The molecule has 1 aromatic carbocycles. The van der Waals surface area contributed by atoms with Gasteiger partial charge in [-0.15, -0.1) is 0 Å². The number of nitrogens with one attached hydrogen (secondary N) is 1. The number of benzene rings is 1. The Labute approximate surface area is 141 Å². The fourth-order valence-electron chi connectivity index (χ4n) is 2.42. The van der Waals surface area contributed by atoms with E-state index in [4.69, 9.17) is 0 Å². The molecule has 3 rings (SSSR count). The van der Waals surface area contributed by atoms with Gasteiger partial charge < -0.3 is 9.88 Å². The molecule has 1 amide bonds. The Balaban J connectivity index is 1.79. The molecule has 0 unspecified atom stereocenters. The summed E-state index contributed by atoms with van der Waals surface area (Å²) >= 11 is 0. The maximum absolute atomic E-state index is 12.2. The van der Waals surface area contributed by atoms with Crippen LogP contribution >= 0.6 is 0 Å². The highest BCUT2D eigenvalue weighted by atomic mass is 16.1. The van der Waals surface area contributed by atoms with Crippen molar-refractivity contribution in [3.8, 4) is 0 Å². The van der Waals surface area contributed by atoms with Crippen LogP contribution in [0, 0.1) is 5.41 Å². The Morgan fingerprint density at radius 3 is 2.62 bits per heavy atom. The predicted molar refractivity (Wildman–Crippen MR) is 94.9 cm³/mol. The molecule has 2 aromatic heterocycles. The second-order valence-corrected chi connectivity index (χ2v) is 7.17. The molecule has 124 valence electrons. The Bertz CT molecular complexity index is 847. The molecule has 0 aliphatic heterocycles. The zero-order chi connectivity index (χ0) is 17.2. The largest absolute Gasteiger partial charge is 0.351 e. The average Bonchev–Trinajstić information content (AvgIpc) is 2.95. The maximum atomic E-state index is 12.2. The smallest absolute Gasteiger partial charge is 0.252 e. The molecule has 0 spiro atoms. The van der Waals surface area contributed by atoms with Gasteiger partial charge in [0.2, 0.25) is 0 Å². The van der Waals surface area contributed by atoms with Crippen molar-refractivity contribution >= 4 is 17.1 Å². The lowest BCUT2D eigenvalue weighted by Crippen LogP contribution is -2.32. The molecule has 5 nitrogen and oxygen atoms in total. The number of aromatic nitrogens is 3. The minimum absolute atomic E-state index is 0.0461. The number of amides is 1. The number of hydrogen-bond acceptors (Lipinski definition) is 3. The summed E-state index contributed by atoms with van der Waals surface area (Å²) in [5.41, 5.74) is 3.28. The molecule has 0 saturated carbocycles. The van der Waals surface area contributed by atoms with E-state index in [2.05, 4.69) is 48.2 Å². The molecule has 1 N–H and O–H groups in total. The fourth-order valence-corrected chi connectivity index (χ4v) is 2.42. The quantitative estimate of drug-likeness (QED) is 0.802. The number of fused-ring (bicyclic) bond motifs is 1. The first-order chi connectivity index (χ1) is 11.4. The SMILES string of the molecule is CC(C)(C)CNC(=O)c1cnc2c(c1)ncn2Cc1ccccc1. The summed E-state index contributed by atoms with van der Waals surface area (Å²) in [6.07, 6.45) is 3.38. The molecule has 0 saturated heterocycles. The number of hydrogen-bond donors (Lipinski definition) is 1. The number of imidazole rings is 1. The topological polar surface area (TPSA) is 59.8 Å². The van der Waals surface area contributed by atoms with Crippen molar-refractivity contribution in [3.05, 3.63) is 60.0 Å². The highest BCUT2D eigenvalue weighted by Crippen LogP contribution is 2.15. The number of pyridine rings is 1. The van der Waals surface area contributed by atoms with Crippen LogP contribution in [0.25, 0.3) is 11.2 Å². The highest BCUT2D eigenvalue weighted by molar-refractivity contribution is 5.96. The van der Waals surface area contributed by atoms with Crippen molar-refractivity contribution in [2.75, 3.05) is 6.54 Å². The van der Waals surface area contributed by atoms with E-state index in [1.807, 2.05) is 22.8 Å². The molecule has 5 heteroatoms. The number of nitrogens with zero attached hydrogens (tertiary/aromatic N) is 3. The van der Waals surface area contributed by atoms with Crippen LogP contribution in [0.3, 0.4) is 0 Å². The van der Waals surface area contributed by atoms with E-state index in [-0.39, 0.29) is 11.3 Å². The van der Waals surface area contributed by atoms with E-state index in [1.54, 1.807) is 18.6 Å². The maximum Gasteiger partial charge on any atom is 0.252 e. The summed E-state index contributed by atoms with van der Waals surface area (Å²) in [5.74, 6) is -0.114. The molecule has 0 aliphatic carbocycles. The van der Waals surface area contributed by atoms with Gasteiger partial charge in [0.15, 0.2) is 5.65 Å². The Kier molecular flexibility index (Phi) is 4.34. The molecule has 0 radical (unpaired) electrons. The van der Waals surface area contributed by atoms with Crippen LogP contribution in [0.5, 0.6) is 0 Å². The average molecular weight is 322 g/mol. The second kappa shape index (κ2) is 6.43. The molecular weight excluding hydrogens is 300 g/mol. The Hall–Kier alpha value is -2.69. The van der Waals surface area contributed by atoms with Gasteiger partial charge in [0.05, 0.1) is 18.4 Å². The van der Waals surface area contributed by atoms with E-state index in [1.165, 1.54) is 5.56 Å². The minimum Gasteiger partial charge on any atom is -0.351 e. The van der Waals surface area contributed by atoms with Crippen molar-refractivity contribution in [2.45, 2.75) is 27.3 Å². The lowest BCUT2D eigenvalue weighted by molar-refractivity contribution is 0.0939. The first-order valence-electron chi connectivity index (χ1n) is 8.05. The molecule has 0 fully saturated rings. The summed E-state index contributed by atoms with van der Waals surface area (Å²) < 4.78 is 1.99. The van der Waals surface area contributed by atoms with E-state index < -0.39 is 0 Å². The third-order valence-corrected chi connectivity index (χ3v) is 3.69. The number of carbonyl (C=O) groups excluding carboxylic acids is 1. The molecule has 2 heterocycles. The molecule has 0 aliphatic rings. The van der Waals surface area contributed by atoms with Gasteiger partial charge in [0.25, 0.3) is 5.91 Å². The van der Waals surface area contributed by atoms with Gasteiger partial charge in [-0.25, -0.2) is 9.97 Å². The fraction of sp³-hybridized carbons (Fsp3) is 0.316. The number of carbonyl (C=O) groups is 1. The van der Waals surface area contributed by atoms with Gasteiger partial charge in [0.1, 0.15) is 5.52 Å². The molecule has 3 aromatic rings. The zero-order valence-electron chi connectivity index (χ0n) is 14.3. The van der Waals surface area contributed by atoms with E-state index in [9.17, 15) is 4.79 Å². The van der Waals surface area contributed by atoms with Crippen LogP contribution in [0.4, 0.5) is 0 Å². The van der Waals surface area contributed by atoms with Crippen LogP contribution in [0.1, 0.15) is 36.7 Å². The van der Waals surface area contributed by atoms with Gasteiger partial charge in [-0.1, -0.05) is 51.1 Å². The summed E-state index contributed by atoms with van der Waals surface area (Å²) in [4.78, 5) is 21.1. The van der Waals surface area contributed by atoms with Crippen molar-refractivity contribution in [3.63, 3.8) is 0 Å². The van der Waals surface area contributed by atoms with E-state index >= 15 is 0 Å². The van der Waals surface area contributed by atoms with Crippen LogP contribution in [0.15, 0.2) is 48.9 Å². The van der Waals surface area contributed by atoms with Gasteiger partial charge in [0, 0.05) is 12.7 Å². The monoisotopic (exact) mass is 322 g/mol. The standard InChI is InChI=1S/C19H22N4O/c1-19(2,3)12-21-18(24)15-9-16-17(20-10-15)23(13-22-16)11-14-7-5-4-6-8-14/h4-10,13H,11-12H2,1-3H3,(H,21,24). The molecule has 24 heavy (non-hydrogen) atoms. The molecule has 0 atom stereocenters. The Morgan fingerprint density at radius 2 is 1.92 bits per heavy atom. The van der Waals surface area contributed by atoms with E-state index in [0.717, 1.165) is 11.2 Å². The third kappa shape index (κ3) is 3.79. The Morgan fingerprint density at radius 1 is 1.17 bits per heavy atom. The van der Waals surface area contributed by atoms with Gasteiger partial charge >= 0.3 is 0 Å². The third-order valence-electron chi connectivity index (χ3n) is 3.69. The molecular formula is C19H22N4O. The minimum atomic E-state index is -0.114. The van der Waals surface area contributed by atoms with Gasteiger partial charge in [-0.05, 0) is 17.0 Å². The van der Waals surface area contributed by atoms with Crippen LogP contribution < -0.4 is 5.32 Å².